The Morgan fingerprint density at radius 1 is 1.06 bits per heavy atom. The van der Waals surface area contributed by atoms with Crippen molar-refractivity contribution in [3.05, 3.63) is 46.0 Å². The number of nitrogens with one attached hydrogen (secondary N) is 1. The monoisotopic (exact) mass is 434 g/mol. The first kappa shape index (κ1) is 22.0. The third kappa shape index (κ3) is 5.45. The van der Waals surface area contributed by atoms with Crippen LogP contribution in [0.15, 0.2) is 30.3 Å². The Morgan fingerprint density at radius 3 is 2.61 bits per heavy atom. The number of methoxy groups -OCH3 is 2. The van der Waals surface area contributed by atoms with Crippen LogP contribution < -0.4 is 29.0 Å². The van der Waals surface area contributed by atoms with Gasteiger partial charge in [0.15, 0.2) is 23.0 Å². The summed E-state index contributed by atoms with van der Waals surface area (Å²) in [5.74, 6) is 1.47. The van der Waals surface area contributed by atoms with E-state index in [0.717, 1.165) is 6.07 Å². The first-order valence-corrected chi connectivity index (χ1v) is 9.32. The van der Waals surface area contributed by atoms with E-state index in [1.54, 1.807) is 18.2 Å². The Bertz CT molecular complexity index is 948. The number of nitrogens with zero attached hydrogens (tertiary/aromatic N) is 1. The van der Waals surface area contributed by atoms with Crippen LogP contribution in [0.25, 0.3) is 0 Å². The highest BCUT2D eigenvalue weighted by Crippen LogP contribution is 2.36. The number of carbonyl (C=O) groups excluding carboxylic acids is 1. The van der Waals surface area contributed by atoms with E-state index in [0.29, 0.717) is 23.9 Å². The average Bonchev–Trinajstić information content (AvgIpc) is 3.24. The molecule has 0 aliphatic carbocycles. The number of hydrogen-bond donors (Lipinski definition) is 1. The number of rotatable bonds is 11. The van der Waals surface area contributed by atoms with Crippen molar-refractivity contribution in [2.75, 3.05) is 47.4 Å². The number of amides is 1. The van der Waals surface area contributed by atoms with E-state index in [4.69, 9.17) is 28.4 Å². The summed E-state index contributed by atoms with van der Waals surface area (Å²) in [6.45, 7) is 0.899. The molecule has 0 saturated carbocycles. The van der Waals surface area contributed by atoms with Gasteiger partial charge in [-0.05, 0) is 12.1 Å². The molecular formula is C20H22N2O9. The van der Waals surface area contributed by atoms with Crippen molar-refractivity contribution < 1.29 is 38.1 Å². The van der Waals surface area contributed by atoms with Gasteiger partial charge in [0.2, 0.25) is 6.79 Å². The van der Waals surface area contributed by atoms with Crippen LogP contribution in [0.1, 0.15) is 10.4 Å². The van der Waals surface area contributed by atoms with Gasteiger partial charge in [-0.1, -0.05) is 0 Å². The van der Waals surface area contributed by atoms with Crippen LogP contribution in [0.4, 0.5) is 5.69 Å². The molecule has 2 aromatic carbocycles. The normalized spacial score (nSPS) is 11.7. The minimum Gasteiger partial charge on any atom is -0.493 e. The summed E-state index contributed by atoms with van der Waals surface area (Å²) in [5.41, 5.74) is -0.550. The zero-order valence-electron chi connectivity index (χ0n) is 17.0. The molecule has 0 aromatic heterocycles. The van der Waals surface area contributed by atoms with Gasteiger partial charge in [0.1, 0.15) is 24.5 Å². The minimum atomic E-state index is -0.652. The number of fused-ring (bicyclic) bond motifs is 1. The number of nitro benzene ring substituents is 1. The van der Waals surface area contributed by atoms with Gasteiger partial charge in [-0.3, -0.25) is 14.9 Å². The molecule has 0 radical (unpaired) electrons. The first-order valence-electron chi connectivity index (χ1n) is 9.32. The molecule has 1 aliphatic rings. The molecule has 3 rings (SSSR count). The molecule has 1 N–H and O–H groups in total. The molecule has 11 nitrogen and oxygen atoms in total. The fourth-order valence-corrected chi connectivity index (χ4v) is 2.78. The maximum atomic E-state index is 12.6. The standard InChI is InChI=1S/C20H22N2O9/c1-26-7-8-29-19-11-15(22(24)25)14(10-17(19)27-2)20(23)21-5-6-28-13-3-4-16-18(9-13)31-12-30-16/h3-4,9-11H,5-8,12H2,1-2H3,(H,21,23). The van der Waals surface area contributed by atoms with Gasteiger partial charge in [0, 0.05) is 19.2 Å². The molecule has 166 valence electrons. The lowest BCUT2D eigenvalue weighted by molar-refractivity contribution is -0.385. The molecule has 1 amide bonds. The molecule has 1 aliphatic heterocycles. The van der Waals surface area contributed by atoms with E-state index < -0.39 is 16.5 Å². The number of benzene rings is 2. The summed E-state index contributed by atoms with van der Waals surface area (Å²) < 4.78 is 31.6. The van der Waals surface area contributed by atoms with Crippen molar-refractivity contribution in [3.63, 3.8) is 0 Å². The Labute approximate surface area is 177 Å². The van der Waals surface area contributed by atoms with Crippen molar-refractivity contribution in [1.82, 2.24) is 5.32 Å². The second-order valence-corrected chi connectivity index (χ2v) is 6.24. The van der Waals surface area contributed by atoms with Gasteiger partial charge >= 0.3 is 0 Å². The molecule has 0 bridgehead atoms. The molecule has 2 aromatic rings. The smallest absolute Gasteiger partial charge is 0.286 e. The quantitative estimate of drug-likeness (QED) is 0.321. The number of ether oxygens (including phenoxy) is 6. The number of nitro groups is 1. The van der Waals surface area contributed by atoms with Crippen LogP contribution in [0, 0.1) is 10.1 Å². The minimum absolute atomic E-state index is 0.124. The molecule has 0 spiro atoms. The van der Waals surface area contributed by atoms with Gasteiger partial charge in [0.05, 0.1) is 31.3 Å². The largest absolute Gasteiger partial charge is 0.493 e. The highest BCUT2D eigenvalue weighted by molar-refractivity contribution is 5.99. The van der Waals surface area contributed by atoms with Crippen molar-refractivity contribution in [3.8, 4) is 28.7 Å². The Hall–Kier alpha value is -3.73. The van der Waals surface area contributed by atoms with E-state index in [1.807, 2.05) is 0 Å². The van der Waals surface area contributed by atoms with E-state index in [2.05, 4.69) is 5.32 Å². The first-order chi connectivity index (χ1) is 15.0. The lowest BCUT2D eigenvalue weighted by Crippen LogP contribution is -2.28. The second kappa shape index (κ2) is 10.3. The van der Waals surface area contributed by atoms with Gasteiger partial charge in [-0.25, -0.2) is 0 Å². The SMILES string of the molecule is COCCOc1cc([N+](=O)[O-])c(C(=O)NCCOc2ccc3c(c2)OCO3)cc1OC. The van der Waals surface area contributed by atoms with Crippen molar-refractivity contribution in [2.24, 2.45) is 0 Å². The highest BCUT2D eigenvalue weighted by Gasteiger charge is 2.24. The average molecular weight is 434 g/mol. The van der Waals surface area contributed by atoms with E-state index in [9.17, 15) is 14.9 Å². The molecule has 0 atom stereocenters. The van der Waals surface area contributed by atoms with E-state index in [-0.39, 0.29) is 43.6 Å². The summed E-state index contributed by atoms with van der Waals surface area (Å²) in [7, 11) is 2.89. The third-order valence-corrected chi connectivity index (χ3v) is 4.27. The molecular weight excluding hydrogens is 412 g/mol. The van der Waals surface area contributed by atoms with E-state index in [1.165, 1.54) is 20.3 Å². The summed E-state index contributed by atoms with van der Waals surface area (Å²) >= 11 is 0. The Balaban J connectivity index is 1.62. The fourth-order valence-electron chi connectivity index (χ4n) is 2.78. The lowest BCUT2D eigenvalue weighted by Gasteiger charge is -2.13. The van der Waals surface area contributed by atoms with Crippen LogP contribution in [-0.4, -0.2) is 58.2 Å². The fraction of sp³-hybridized carbons (Fsp3) is 0.350. The Morgan fingerprint density at radius 2 is 1.87 bits per heavy atom. The van der Waals surface area contributed by atoms with Gasteiger partial charge in [0.25, 0.3) is 11.6 Å². The number of hydrogen-bond acceptors (Lipinski definition) is 9. The topological polar surface area (TPSA) is 128 Å². The van der Waals surface area contributed by atoms with Crippen molar-refractivity contribution in [1.29, 1.82) is 0 Å². The molecule has 1 heterocycles. The zero-order valence-corrected chi connectivity index (χ0v) is 17.0. The van der Waals surface area contributed by atoms with Crippen LogP contribution >= 0.6 is 0 Å². The van der Waals surface area contributed by atoms with E-state index >= 15 is 0 Å². The predicted octanol–water partition coefficient (Wildman–Crippen LogP) is 2.17. The maximum Gasteiger partial charge on any atom is 0.286 e. The summed E-state index contributed by atoms with van der Waals surface area (Å²) in [4.78, 5) is 23.4. The molecule has 0 fully saturated rings. The predicted molar refractivity (Wildman–Crippen MR) is 107 cm³/mol. The second-order valence-electron chi connectivity index (χ2n) is 6.24. The molecule has 11 heteroatoms. The van der Waals surface area contributed by atoms with Crippen LogP contribution in [0.3, 0.4) is 0 Å². The summed E-state index contributed by atoms with van der Waals surface area (Å²) in [6.07, 6.45) is 0. The number of carbonyl (C=O) groups is 1. The summed E-state index contributed by atoms with van der Waals surface area (Å²) in [6, 6.07) is 7.55. The maximum absolute atomic E-state index is 12.6. The summed E-state index contributed by atoms with van der Waals surface area (Å²) in [5, 5.41) is 14.1. The molecule has 0 unspecified atom stereocenters. The van der Waals surface area contributed by atoms with Crippen molar-refractivity contribution in [2.45, 2.75) is 0 Å². The van der Waals surface area contributed by atoms with Gasteiger partial charge < -0.3 is 33.7 Å². The van der Waals surface area contributed by atoms with Crippen molar-refractivity contribution >= 4 is 11.6 Å². The third-order valence-electron chi connectivity index (χ3n) is 4.27. The molecule has 0 saturated heterocycles. The van der Waals surface area contributed by atoms with Crippen LogP contribution in [0.2, 0.25) is 0 Å². The van der Waals surface area contributed by atoms with Gasteiger partial charge in [-0.15, -0.1) is 0 Å². The van der Waals surface area contributed by atoms with Crippen LogP contribution in [-0.2, 0) is 4.74 Å². The Kier molecular flexibility index (Phi) is 7.33. The molecule has 31 heavy (non-hydrogen) atoms. The zero-order chi connectivity index (χ0) is 22.2. The highest BCUT2D eigenvalue weighted by atomic mass is 16.7. The van der Waals surface area contributed by atoms with Gasteiger partial charge in [-0.2, -0.15) is 0 Å². The lowest BCUT2D eigenvalue weighted by atomic mass is 10.1. The van der Waals surface area contributed by atoms with Crippen LogP contribution in [0.5, 0.6) is 28.7 Å².